The summed E-state index contributed by atoms with van der Waals surface area (Å²) in [4.78, 5) is 31.8. The van der Waals surface area contributed by atoms with Gasteiger partial charge in [-0.1, -0.05) is 30.3 Å². The number of carbonyl (C=O) groups excluding carboxylic acids is 2. The van der Waals surface area contributed by atoms with E-state index in [1.807, 2.05) is 29.2 Å². The molecular weight excluding hydrogens is 390 g/mol. The molecule has 0 radical (unpaired) electrons. The van der Waals surface area contributed by atoms with Crippen molar-refractivity contribution >= 4 is 17.5 Å². The maximum atomic E-state index is 13.6. The van der Waals surface area contributed by atoms with Crippen LogP contribution in [0.15, 0.2) is 48.5 Å². The molecule has 0 saturated carbocycles. The minimum atomic E-state index is -0.221. The number of benzene rings is 2. The zero-order valence-electron chi connectivity index (χ0n) is 18.6. The van der Waals surface area contributed by atoms with Crippen LogP contribution < -0.4 is 9.64 Å². The van der Waals surface area contributed by atoms with Gasteiger partial charge in [0.1, 0.15) is 5.75 Å². The molecule has 4 rings (SSSR count). The van der Waals surface area contributed by atoms with Gasteiger partial charge in [0.15, 0.2) is 0 Å². The Morgan fingerprint density at radius 3 is 2.35 bits per heavy atom. The van der Waals surface area contributed by atoms with E-state index >= 15 is 0 Å². The molecule has 6 heteroatoms. The molecule has 2 aliphatic rings. The van der Waals surface area contributed by atoms with Gasteiger partial charge >= 0.3 is 0 Å². The van der Waals surface area contributed by atoms with Crippen LogP contribution in [-0.4, -0.2) is 68.0 Å². The monoisotopic (exact) mass is 421 g/mol. The van der Waals surface area contributed by atoms with E-state index in [0.29, 0.717) is 26.2 Å². The fraction of sp³-hybridized carbons (Fsp3) is 0.440. The Morgan fingerprint density at radius 2 is 1.68 bits per heavy atom. The molecule has 0 unspecified atom stereocenters. The highest BCUT2D eigenvalue weighted by Gasteiger charge is 2.41. The van der Waals surface area contributed by atoms with Crippen molar-refractivity contribution in [2.75, 3.05) is 51.3 Å². The lowest BCUT2D eigenvalue weighted by Gasteiger charge is -2.38. The average Bonchev–Trinajstić information content (AvgIpc) is 3.25. The van der Waals surface area contributed by atoms with Gasteiger partial charge in [-0.2, -0.15) is 0 Å². The van der Waals surface area contributed by atoms with Gasteiger partial charge in [0, 0.05) is 57.8 Å². The second-order valence-corrected chi connectivity index (χ2v) is 8.51. The highest BCUT2D eigenvalue weighted by Crippen LogP contribution is 2.36. The number of para-hydroxylation sites is 1. The van der Waals surface area contributed by atoms with Gasteiger partial charge in [-0.25, -0.2) is 0 Å². The molecule has 2 aromatic carbocycles. The summed E-state index contributed by atoms with van der Waals surface area (Å²) in [5, 5.41) is 0. The summed E-state index contributed by atoms with van der Waals surface area (Å²) in [7, 11) is 1.65. The Morgan fingerprint density at radius 1 is 0.935 bits per heavy atom. The third-order valence-electron chi connectivity index (χ3n) is 6.65. The van der Waals surface area contributed by atoms with Crippen LogP contribution in [-0.2, 0) is 9.59 Å². The number of methoxy groups -OCH3 is 1. The number of anilines is 1. The van der Waals surface area contributed by atoms with Gasteiger partial charge in [-0.3, -0.25) is 9.59 Å². The Kier molecular flexibility index (Phi) is 6.16. The predicted octanol–water partition coefficient (Wildman–Crippen LogP) is 2.91. The Labute approximate surface area is 184 Å². The van der Waals surface area contributed by atoms with Crippen LogP contribution in [0.1, 0.15) is 24.0 Å². The molecule has 2 heterocycles. The van der Waals surface area contributed by atoms with Gasteiger partial charge in [0.25, 0.3) is 0 Å². The van der Waals surface area contributed by atoms with Crippen molar-refractivity contribution in [1.82, 2.24) is 9.80 Å². The Bertz CT molecular complexity index is 953. The molecule has 2 atom stereocenters. The topological polar surface area (TPSA) is 53.1 Å². The van der Waals surface area contributed by atoms with Crippen molar-refractivity contribution in [3.05, 3.63) is 59.7 Å². The van der Waals surface area contributed by atoms with E-state index in [2.05, 4.69) is 36.1 Å². The largest absolute Gasteiger partial charge is 0.497 e. The summed E-state index contributed by atoms with van der Waals surface area (Å²) < 4.78 is 5.38. The maximum absolute atomic E-state index is 13.6. The van der Waals surface area contributed by atoms with Gasteiger partial charge in [-0.15, -0.1) is 0 Å². The molecule has 2 amide bonds. The summed E-state index contributed by atoms with van der Waals surface area (Å²) in [6.07, 6.45) is 0. The molecule has 2 aromatic rings. The number of rotatable bonds is 4. The van der Waals surface area contributed by atoms with Crippen LogP contribution >= 0.6 is 0 Å². The number of hydrogen-bond donors (Lipinski definition) is 0. The van der Waals surface area contributed by atoms with Crippen LogP contribution in [0.2, 0.25) is 0 Å². The van der Waals surface area contributed by atoms with E-state index in [-0.39, 0.29) is 23.7 Å². The lowest BCUT2D eigenvalue weighted by molar-refractivity contribution is -0.136. The first-order chi connectivity index (χ1) is 15.0. The van der Waals surface area contributed by atoms with Crippen LogP contribution in [0.4, 0.5) is 5.69 Å². The van der Waals surface area contributed by atoms with E-state index in [1.165, 1.54) is 11.3 Å². The second kappa shape index (κ2) is 9.00. The number of aryl methyl sites for hydroxylation is 1. The summed E-state index contributed by atoms with van der Waals surface area (Å²) in [6.45, 7) is 7.81. The standard InChI is InChI=1S/C25H31N3O3/c1-18-7-4-5-10-24(18)26-11-13-27(14-12-26)25(30)23-17-28(19(2)29)16-22(23)20-8-6-9-21(15-20)31-3/h4-10,15,22-23H,11-14,16-17H2,1-3H3/t22-,23-/m0/s1. The summed E-state index contributed by atoms with van der Waals surface area (Å²) in [5.41, 5.74) is 3.56. The van der Waals surface area contributed by atoms with Crippen LogP contribution in [0.3, 0.4) is 0 Å². The molecule has 2 fully saturated rings. The molecule has 0 aromatic heterocycles. The molecular formula is C25H31N3O3. The zero-order valence-corrected chi connectivity index (χ0v) is 18.6. The minimum absolute atomic E-state index is 0.0131. The Balaban J connectivity index is 1.49. The quantitative estimate of drug-likeness (QED) is 0.762. The third kappa shape index (κ3) is 4.38. The van der Waals surface area contributed by atoms with Gasteiger partial charge < -0.3 is 19.4 Å². The van der Waals surface area contributed by atoms with E-state index in [4.69, 9.17) is 4.74 Å². The zero-order chi connectivity index (χ0) is 22.0. The molecule has 0 aliphatic carbocycles. The molecule has 0 N–H and O–H groups in total. The number of nitrogens with zero attached hydrogens (tertiary/aromatic N) is 3. The van der Waals surface area contributed by atoms with E-state index in [9.17, 15) is 9.59 Å². The Hall–Kier alpha value is -3.02. The van der Waals surface area contributed by atoms with Crippen molar-refractivity contribution in [1.29, 1.82) is 0 Å². The molecule has 2 saturated heterocycles. The summed E-state index contributed by atoms with van der Waals surface area (Å²) >= 11 is 0. The first kappa shape index (κ1) is 21.2. The predicted molar refractivity (Wildman–Crippen MR) is 121 cm³/mol. The average molecular weight is 422 g/mol. The van der Waals surface area contributed by atoms with Crippen molar-refractivity contribution in [3.8, 4) is 5.75 Å². The van der Waals surface area contributed by atoms with Crippen molar-refractivity contribution in [2.45, 2.75) is 19.8 Å². The fourth-order valence-electron chi connectivity index (χ4n) is 4.84. The number of likely N-dealkylation sites (tertiary alicyclic amines) is 1. The van der Waals surface area contributed by atoms with E-state index in [0.717, 1.165) is 24.4 Å². The number of carbonyl (C=O) groups is 2. The molecule has 6 nitrogen and oxygen atoms in total. The van der Waals surface area contributed by atoms with Gasteiger partial charge in [0.05, 0.1) is 13.0 Å². The van der Waals surface area contributed by atoms with Crippen LogP contribution in [0, 0.1) is 12.8 Å². The van der Waals surface area contributed by atoms with Crippen molar-refractivity contribution in [3.63, 3.8) is 0 Å². The highest BCUT2D eigenvalue weighted by atomic mass is 16.5. The first-order valence-electron chi connectivity index (χ1n) is 11.0. The minimum Gasteiger partial charge on any atom is -0.497 e. The van der Waals surface area contributed by atoms with Crippen LogP contribution in [0.25, 0.3) is 0 Å². The van der Waals surface area contributed by atoms with Crippen molar-refractivity contribution < 1.29 is 14.3 Å². The lowest BCUT2D eigenvalue weighted by atomic mass is 9.87. The summed E-state index contributed by atoms with van der Waals surface area (Å²) in [6, 6.07) is 16.3. The van der Waals surface area contributed by atoms with Crippen molar-refractivity contribution in [2.24, 2.45) is 5.92 Å². The third-order valence-corrected chi connectivity index (χ3v) is 6.65. The van der Waals surface area contributed by atoms with Gasteiger partial charge in [0.2, 0.25) is 11.8 Å². The SMILES string of the molecule is COc1cccc([C@@H]2CN(C(C)=O)C[C@@H]2C(=O)N2CCN(c3ccccc3C)CC2)c1. The van der Waals surface area contributed by atoms with Gasteiger partial charge in [-0.05, 0) is 36.2 Å². The smallest absolute Gasteiger partial charge is 0.228 e. The van der Waals surface area contributed by atoms with E-state index < -0.39 is 0 Å². The second-order valence-electron chi connectivity index (χ2n) is 8.51. The highest BCUT2D eigenvalue weighted by molar-refractivity contribution is 5.83. The molecule has 164 valence electrons. The number of amides is 2. The maximum Gasteiger partial charge on any atom is 0.228 e. The molecule has 2 aliphatic heterocycles. The molecule has 0 spiro atoms. The normalized spacial score (nSPS) is 21.3. The molecule has 0 bridgehead atoms. The van der Waals surface area contributed by atoms with E-state index in [1.54, 1.807) is 18.9 Å². The number of piperazine rings is 1. The molecule has 31 heavy (non-hydrogen) atoms. The van der Waals surface area contributed by atoms with Crippen LogP contribution in [0.5, 0.6) is 5.75 Å². The number of ether oxygens (including phenoxy) is 1. The fourth-order valence-corrected chi connectivity index (χ4v) is 4.84. The number of hydrogen-bond acceptors (Lipinski definition) is 4. The lowest BCUT2D eigenvalue weighted by Crippen LogP contribution is -2.51. The first-order valence-corrected chi connectivity index (χ1v) is 11.0. The summed E-state index contributed by atoms with van der Waals surface area (Å²) in [5.74, 6) is 0.715.